The van der Waals surface area contributed by atoms with Crippen LogP contribution in [-0.4, -0.2) is 32.3 Å². The molecule has 1 atom stereocenters. The Morgan fingerprint density at radius 1 is 1.30 bits per heavy atom. The van der Waals surface area contributed by atoms with E-state index >= 15 is 0 Å². The Morgan fingerprint density at radius 3 is 2.30 bits per heavy atom. The van der Waals surface area contributed by atoms with Gasteiger partial charge in [0.15, 0.2) is 0 Å². The van der Waals surface area contributed by atoms with Crippen LogP contribution in [0.5, 0.6) is 0 Å². The fourth-order valence-corrected chi connectivity index (χ4v) is 2.92. The van der Waals surface area contributed by atoms with Gasteiger partial charge in [0.25, 0.3) is 0 Å². The molecule has 0 saturated heterocycles. The van der Waals surface area contributed by atoms with Crippen LogP contribution in [0.1, 0.15) is 39.4 Å². The van der Waals surface area contributed by atoms with E-state index in [0.717, 1.165) is 0 Å². The molecule has 0 amide bonds. The van der Waals surface area contributed by atoms with Crippen molar-refractivity contribution in [1.82, 2.24) is 4.72 Å². The van der Waals surface area contributed by atoms with Crippen molar-refractivity contribution in [3.63, 3.8) is 0 Å². The third kappa shape index (κ3) is 4.86. The second-order valence-corrected chi connectivity index (χ2v) is 7.03. The van der Waals surface area contributed by atoms with Crippen molar-refractivity contribution in [2.75, 3.05) is 13.2 Å². The average molecular weight is 301 g/mol. The molecule has 6 heteroatoms. The molecule has 1 aromatic rings. The van der Waals surface area contributed by atoms with E-state index in [9.17, 15) is 13.5 Å². The number of benzene rings is 1. The molecule has 0 aliphatic rings. The molecule has 0 spiro atoms. The van der Waals surface area contributed by atoms with Gasteiger partial charge in [-0.1, -0.05) is 12.1 Å². The van der Waals surface area contributed by atoms with Crippen LogP contribution >= 0.6 is 0 Å². The van der Waals surface area contributed by atoms with E-state index in [2.05, 4.69) is 4.72 Å². The van der Waals surface area contributed by atoms with Gasteiger partial charge in [0.05, 0.1) is 16.6 Å². The summed E-state index contributed by atoms with van der Waals surface area (Å²) < 4.78 is 32.3. The van der Waals surface area contributed by atoms with Gasteiger partial charge >= 0.3 is 0 Å². The first-order chi connectivity index (χ1) is 9.18. The molecule has 0 heterocycles. The number of aliphatic hydroxyl groups excluding tert-OH is 1. The van der Waals surface area contributed by atoms with Gasteiger partial charge in [-0.05, 0) is 45.4 Å². The molecule has 0 saturated carbocycles. The average Bonchev–Trinajstić information content (AvgIpc) is 2.37. The zero-order valence-corrected chi connectivity index (χ0v) is 13.2. The first kappa shape index (κ1) is 17.1. The Hall–Kier alpha value is -0.950. The summed E-state index contributed by atoms with van der Waals surface area (Å²) in [5.41, 5.74) is 0.125. The molecule has 0 radical (unpaired) electrons. The minimum absolute atomic E-state index is 0.175. The molecule has 0 aromatic heterocycles. The summed E-state index contributed by atoms with van der Waals surface area (Å²) in [6, 6.07) is 6.18. The van der Waals surface area contributed by atoms with Gasteiger partial charge in [0.2, 0.25) is 10.0 Å². The molecule has 114 valence electrons. The monoisotopic (exact) mass is 301 g/mol. The number of nitrogens with one attached hydrogen (secondary N) is 1. The standard InChI is InChI=1S/C14H23NO4S/c1-5-19-14(3,4)10-15-20(17,18)13-8-6-12(7-9-13)11(2)16/h6-9,11,15-16H,5,10H2,1-4H3. The molecule has 0 fully saturated rings. The van der Waals surface area contributed by atoms with Crippen molar-refractivity contribution >= 4 is 10.0 Å². The van der Waals surface area contributed by atoms with Gasteiger partial charge in [0.1, 0.15) is 0 Å². The summed E-state index contributed by atoms with van der Waals surface area (Å²) in [5, 5.41) is 9.40. The molecule has 20 heavy (non-hydrogen) atoms. The van der Waals surface area contributed by atoms with E-state index in [1.807, 2.05) is 20.8 Å². The summed E-state index contributed by atoms with van der Waals surface area (Å²) in [6.07, 6.45) is -0.614. The third-order valence-electron chi connectivity index (χ3n) is 2.90. The smallest absolute Gasteiger partial charge is 0.240 e. The largest absolute Gasteiger partial charge is 0.389 e. The Balaban J connectivity index is 2.79. The maximum atomic E-state index is 12.1. The van der Waals surface area contributed by atoms with Gasteiger partial charge in [-0.25, -0.2) is 13.1 Å². The third-order valence-corrected chi connectivity index (χ3v) is 4.31. The van der Waals surface area contributed by atoms with E-state index in [0.29, 0.717) is 12.2 Å². The van der Waals surface area contributed by atoms with E-state index in [1.54, 1.807) is 19.1 Å². The van der Waals surface area contributed by atoms with E-state index in [-0.39, 0.29) is 11.4 Å². The Labute approximate surface area is 121 Å². The van der Waals surface area contributed by atoms with Crippen molar-refractivity contribution in [3.05, 3.63) is 29.8 Å². The summed E-state index contributed by atoms with van der Waals surface area (Å²) >= 11 is 0. The maximum absolute atomic E-state index is 12.1. The second kappa shape index (κ2) is 6.67. The maximum Gasteiger partial charge on any atom is 0.240 e. The summed E-state index contributed by atoms with van der Waals surface area (Å²) in [7, 11) is -3.57. The molecular weight excluding hydrogens is 278 g/mol. The van der Waals surface area contributed by atoms with Gasteiger partial charge in [0, 0.05) is 13.2 Å². The van der Waals surface area contributed by atoms with Crippen LogP contribution in [0, 0.1) is 0 Å². The molecule has 5 nitrogen and oxygen atoms in total. The van der Waals surface area contributed by atoms with Crippen LogP contribution in [0.2, 0.25) is 0 Å². The van der Waals surface area contributed by atoms with E-state index in [4.69, 9.17) is 4.74 Å². The summed E-state index contributed by atoms with van der Waals surface area (Å²) in [5.74, 6) is 0. The van der Waals surface area contributed by atoms with Gasteiger partial charge in [-0.2, -0.15) is 0 Å². The predicted molar refractivity (Wildman–Crippen MR) is 78.0 cm³/mol. The van der Waals surface area contributed by atoms with Crippen LogP contribution < -0.4 is 4.72 Å². The van der Waals surface area contributed by atoms with Gasteiger partial charge < -0.3 is 9.84 Å². The van der Waals surface area contributed by atoms with E-state index < -0.39 is 21.7 Å². The van der Waals surface area contributed by atoms with Crippen molar-refractivity contribution in [1.29, 1.82) is 0 Å². The van der Waals surface area contributed by atoms with Crippen LogP contribution in [0.3, 0.4) is 0 Å². The zero-order valence-electron chi connectivity index (χ0n) is 12.4. The lowest BCUT2D eigenvalue weighted by Crippen LogP contribution is -2.40. The number of hydrogen-bond acceptors (Lipinski definition) is 4. The molecule has 0 aliphatic carbocycles. The highest BCUT2D eigenvalue weighted by Gasteiger charge is 2.22. The number of ether oxygens (including phenoxy) is 1. The highest BCUT2D eigenvalue weighted by Crippen LogP contribution is 2.16. The fourth-order valence-electron chi connectivity index (χ4n) is 1.72. The van der Waals surface area contributed by atoms with Crippen molar-refractivity contribution in [2.24, 2.45) is 0 Å². The SMILES string of the molecule is CCOC(C)(C)CNS(=O)(=O)c1ccc(C(C)O)cc1. The van der Waals surface area contributed by atoms with Gasteiger partial charge in [-0.3, -0.25) is 0 Å². The number of sulfonamides is 1. The van der Waals surface area contributed by atoms with Crippen molar-refractivity contribution in [3.8, 4) is 0 Å². The van der Waals surface area contributed by atoms with Crippen molar-refractivity contribution in [2.45, 2.75) is 44.3 Å². The molecule has 1 rings (SSSR count). The second-order valence-electron chi connectivity index (χ2n) is 5.26. The molecule has 0 aliphatic heterocycles. The zero-order chi connectivity index (χ0) is 15.4. The lowest BCUT2D eigenvalue weighted by molar-refractivity contribution is -0.00515. The summed E-state index contributed by atoms with van der Waals surface area (Å²) in [6.45, 7) is 7.88. The molecule has 0 bridgehead atoms. The Bertz CT molecular complexity index is 521. The Kier molecular flexibility index (Phi) is 5.70. The number of aliphatic hydroxyl groups is 1. The molecule has 2 N–H and O–H groups in total. The minimum Gasteiger partial charge on any atom is -0.389 e. The lowest BCUT2D eigenvalue weighted by Gasteiger charge is -2.24. The first-order valence-corrected chi connectivity index (χ1v) is 8.08. The predicted octanol–water partition coefficient (Wildman–Crippen LogP) is 1.83. The first-order valence-electron chi connectivity index (χ1n) is 6.59. The van der Waals surface area contributed by atoms with Crippen LogP contribution in [-0.2, 0) is 14.8 Å². The molecule has 1 aromatic carbocycles. The highest BCUT2D eigenvalue weighted by molar-refractivity contribution is 7.89. The Morgan fingerprint density at radius 2 is 1.85 bits per heavy atom. The van der Waals surface area contributed by atoms with Gasteiger partial charge in [-0.15, -0.1) is 0 Å². The quantitative estimate of drug-likeness (QED) is 0.805. The summed E-state index contributed by atoms with van der Waals surface area (Å²) in [4.78, 5) is 0.175. The normalized spacial score (nSPS) is 14.2. The molecular formula is C14H23NO4S. The van der Waals surface area contributed by atoms with Crippen LogP contribution in [0.15, 0.2) is 29.2 Å². The highest BCUT2D eigenvalue weighted by atomic mass is 32.2. The number of rotatable bonds is 7. The van der Waals surface area contributed by atoms with Crippen LogP contribution in [0.25, 0.3) is 0 Å². The fraction of sp³-hybridized carbons (Fsp3) is 0.571. The van der Waals surface area contributed by atoms with Crippen LogP contribution in [0.4, 0.5) is 0 Å². The molecule has 1 unspecified atom stereocenters. The van der Waals surface area contributed by atoms with Crippen molar-refractivity contribution < 1.29 is 18.3 Å². The minimum atomic E-state index is -3.57. The number of hydrogen-bond donors (Lipinski definition) is 2. The van der Waals surface area contributed by atoms with E-state index in [1.165, 1.54) is 12.1 Å². The topological polar surface area (TPSA) is 75.6 Å². The lowest BCUT2D eigenvalue weighted by atomic mass is 10.1.